The Hall–Kier alpha value is -0.680. The quantitative estimate of drug-likeness (QED) is 0.737. The van der Waals surface area contributed by atoms with E-state index in [0.717, 1.165) is 31.4 Å². The highest BCUT2D eigenvalue weighted by Gasteiger charge is 2.14. The van der Waals surface area contributed by atoms with Crippen LogP contribution in [0.1, 0.15) is 44.7 Å². The van der Waals surface area contributed by atoms with E-state index < -0.39 is 0 Å². The Morgan fingerprint density at radius 1 is 1.33 bits per heavy atom. The largest absolute Gasteiger partial charge is 0.310 e. The summed E-state index contributed by atoms with van der Waals surface area (Å²) in [6, 6.07) is 6.00. The van der Waals surface area contributed by atoms with Crippen molar-refractivity contribution in [1.29, 1.82) is 0 Å². The Morgan fingerprint density at radius 3 is 2.78 bits per heavy atom. The minimum absolute atomic E-state index is 0.219. The molecule has 0 radical (unpaired) electrons. The molecule has 0 aliphatic heterocycles. The second-order valence-electron chi connectivity index (χ2n) is 4.12. The summed E-state index contributed by atoms with van der Waals surface area (Å²) in [6.45, 7) is 4.98. The molecule has 0 bridgehead atoms. The molecule has 3 heteroatoms. The first kappa shape index (κ1) is 15.4. The fourth-order valence-electron chi connectivity index (χ4n) is 1.82. The Morgan fingerprint density at radius 2 is 2.11 bits per heavy atom. The van der Waals surface area contributed by atoms with Gasteiger partial charge in [-0.05, 0) is 37.9 Å². The van der Waals surface area contributed by atoms with Gasteiger partial charge in [-0.1, -0.05) is 42.3 Å². The van der Waals surface area contributed by atoms with Crippen molar-refractivity contribution in [2.45, 2.75) is 39.2 Å². The summed E-state index contributed by atoms with van der Waals surface area (Å²) in [7, 11) is 0. The molecule has 0 saturated heterocycles. The zero-order valence-corrected chi connectivity index (χ0v) is 12.4. The Labute approximate surface area is 120 Å². The predicted octanol–water partition coefficient (Wildman–Crippen LogP) is 4.84. The number of halogens is 2. The molecule has 1 rings (SSSR count). The summed E-state index contributed by atoms with van der Waals surface area (Å²) in [5.41, 5.74) is 1.07. The summed E-state index contributed by atoms with van der Waals surface area (Å²) in [5.74, 6) is 6.01. The lowest BCUT2D eigenvalue weighted by molar-refractivity contribution is 0.506. The average molecular weight is 284 g/mol. The maximum atomic E-state index is 6.27. The van der Waals surface area contributed by atoms with Crippen LogP contribution in [-0.2, 0) is 0 Å². The van der Waals surface area contributed by atoms with Gasteiger partial charge >= 0.3 is 0 Å². The van der Waals surface area contributed by atoms with E-state index in [1.807, 2.05) is 25.1 Å². The third-order valence-electron chi connectivity index (χ3n) is 2.73. The summed E-state index contributed by atoms with van der Waals surface area (Å²) in [5, 5.41) is 4.76. The maximum absolute atomic E-state index is 6.27. The van der Waals surface area contributed by atoms with Gasteiger partial charge in [-0.2, -0.15) is 0 Å². The van der Waals surface area contributed by atoms with Crippen molar-refractivity contribution in [2.75, 3.05) is 6.54 Å². The van der Waals surface area contributed by atoms with Crippen molar-refractivity contribution < 1.29 is 0 Å². The van der Waals surface area contributed by atoms with E-state index in [1.165, 1.54) is 0 Å². The summed E-state index contributed by atoms with van der Waals surface area (Å²) < 4.78 is 0. The molecule has 1 aromatic rings. The highest BCUT2D eigenvalue weighted by Crippen LogP contribution is 2.31. The maximum Gasteiger partial charge on any atom is 0.0640 e. The SMILES string of the molecule is CC#CCCC(NCCC)c1cccc(Cl)c1Cl. The van der Waals surface area contributed by atoms with E-state index >= 15 is 0 Å². The molecule has 0 spiro atoms. The van der Waals surface area contributed by atoms with Gasteiger partial charge in [0.1, 0.15) is 0 Å². The van der Waals surface area contributed by atoms with Crippen molar-refractivity contribution in [3.8, 4) is 11.8 Å². The van der Waals surface area contributed by atoms with Crippen LogP contribution in [0, 0.1) is 11.8 Å². The van der Waals surface area contributed by atoms with Gasteiger partial charge in [-0.25, -0.2) is 0 Å². The smallest absolute Gasteiger partial charge is 0.0640 e. The second-order valence-corrected chi connectivity index (χ2v) is 4.90. The fourth-order valence-corrected chi connectivity index (χ4v) is 2.26. The molecule has 0 amide bonds. The molecule has 0 heterocycles. The predicted molar refractivity (Wildman–Crippen MR) is 80.2 cm³/mol. The standard InChI is InChI=1S/C15H19Cl2N/c1-3-5-6-10-14(18-11-4-2)12-8-7-9-13(16)15(12)17/h7-9,14,18H,4,6,10-11H2,1-2H3. The van der Waals surface area contributed by atoms with E-state index in [9.17, 15) is 0 Å². The van der Waals surface area contributed by atoms with Crippen LogP contribution in [0.4, 0.5) is 0 Å². The molecule has 1 aromatic carbocycles. The van der Waals surface area contributed by atoms with Gasteiger partial charge in [-0.3, -0.25) is 0 Å². The minimum atomic E-state index is 0.219. The third-order valence-corrected chi connectivity index (χ3v) is 3.57. The molecule has 1 atom stereocenters. The van der Waals surface area contributed by atoms with Crippen LogP contribution in [-0.4, -0.2) is 6.54 Å². The number of hydrogen-bond donors (Lipinski definition) is 1. The Bertz CT molecular complexity index is 432. The van der Waals surface area contributed by atoms with Gasteiger partial charge in [0.2, 0.25) is 0 Å². The third kappa shape index (κ3) is 4.53. The first-order chi connectivity index (χ1) is 8.70. The van der Waals surface area contributed by atoms with Crippen molar-refractivity contribution in [2.24, 2.45) is 0 Å². The molecule has 0 aliphatic rings. The number of nitrogens with one attached hydrogen (secondary N) is 1. The molecule has 0 aliphatic carbocycles. The first-order valence-corrected chi connectivity index (χ1v) is 7.03. The van der Waals surface area contributed by atoms with E-state index in [1.54, 1.807) is 0 Å². The van der Waals surface area contributed by atoms with Crippen molar-refractivity contribution in [3.63, 3.8) is 0 Å². The molecule has 0 fully saturated rings. The van der Waals surface area contributed by atoms with Gasteiger partial charge in [0.25, 0.3) is 0 Å². The monoisotopic (exact) mass is 283 g/mol. The zero-order chi connectivity index (χ0) is 13.4. The summed E-state index contributed by atoms with van der Waals surface area (Å²) in [6.07, 6.45) is 2.90. The van der Waals surface area contributed by atoms with E-state index in [-0.39, 0.29) is 6.04 Å². The van der Waals surface area contributed by atoms with Gasteiger partial charge in [-0.15, -0.1) is 11.8 Å². The number of benzene rings is 1. The first-order valence-electron chi connectivity index (χ1n) is 6.27. The molecule has 1 nitrogen and oxygen atoms in total. The highest BCUT2D eigenvalue weighted by atomic mass is 35.5. The summed E-state index contributed by atoms with van der Waals surface area (Å²) in [4.78, 5) is 0. The van der Waals surface area contributed by atoms with Crippen LogP contribution in [0.3, 0.4) is 0 Å². The van der Waals surface area contributed by atoms with Crippen LogP contribution >= 0.6 is 23.2 Å². The zero-order valence-electron chi connectivity index (χ0n) is 10.9. The second kappa shape index (κ2) is 8.43. The van der Waals surface area contributed by atoms with Gasteiger partial charge in [0.15, 0.2) is 0 Å². The Balaban J connectivity index is 2.85. The lowest BCUT2D eigenvalue weighted by atomic mass is 10.0. The molecule has 1 unspecified atom stereocenters. The molecule has 18 heavy (non-hydrogen) atoms. The van der Waals surface area contributed by atoms with Crippen LogP contribution in [0.25, 0.3) is 0 Å². The molecule has 0 saturated carbocycles. The van der Waals surface area contributed by atoms with Crippen molar-refractivity contribution in [1.82, 2.24) is 5.32 Å². The van der Waals surface area contributed by atoms with Crippen molar-refractivity contribution >= 4 is 23.2 Å². The van der Waals surface area contributed by atoms with Crippen LogP contribution in [0.2, 0.25) is 10.0 Å². The van der Waals surface area contributed by atoms with Crippen LogP contribution in [0.5, 0.6) is 0 Å². The van der Waals surface area contributed by atoms with Crippen LogP contribution in [0.15, 0.2) is 18.2 Å². The van der Waals surface area contributed by atoms with Gasteiger partial charge < -0.3 is 5.32 Å². The van der Waals surface area contributed by atoms with E-state index in [4.69, 9.17) is 23.2 Å². The van der Waals surface area contributed by atoms with E-state index in [0.29, 0.717) is 10.0 Å². The molecule has 98 valence electrons. The number of hydrogen-bond acceptors (Lipinski definition) is 1. The lowest BCUT2D eigenvalue weighted by Gasteiger charge is -2.19. The lowest BCUT2D eigenvalue weighted by Crippen LogP contribution is -2.22. The normalized spacial score (nSPS) is 11.8. The van der Waals surface area contributed by atoms with Gasteiger partial charge in [0.05, 0.1) is 10.0 Å². The number of rotatable bonds is 6. The van der Waals surface area contributed by atoms with Gasteiger partial charge in [0, 0.05) is 12.5 Å². The van der Waals surface area contributed by atoms with Crippen molar-refractivity contribution in [3.05, 3.63) is 33.8 Å². The molecule has 1 N–H and O–H groups in total. The topological polar surface area (TPSA) is 12.0 Å². The van der Waals surface area contributed by atoms with E-state index in [2.05, 4.69) is 24.1 Å². The average Bonchev–Trinajstić information content (AvgIpc) is 2.37. The minimum Gasteiger partial charge on any atom is -0.310 e. The fraction of sp³-hybridized carbons (Fsp3) is 0.467. The molecule has 0 aromatic heterocycles. The Kier molecular flexibility index (Phi) is 7.20. The van der Waals surface area contributed by atoms with Crippen LogP contribution < -0.4 is 5.32 Å². The summed E-state index contributed by atoms with van der Waals surface area (Å²) >= 11 is 12.3. The molecular formula is C15H19Cl2N. The molecular weight excluding hydrogens is 265 g/mol. The highest BCUT2D eigenvalue weighted by molar-refractivity contribution is 6.42.